The summed E-state index contributed by atoms with van der Waals surface area (Å²) in [5, 5.41) is 0.682. The molecule has 1 aliphatic heterocycles. The highest BCUT2D eigenvalue weighted by Gasteiger charge is 2.24. The van der Waals surface area contributed by atoms with Crippen molar-refractivity contribution in [3.8, 4) is 5.75 Å². The zero-order chi connectivity index (χ0) is 22.8. The Balaban J connectivity index is 1.56. The van der Waals surface area contributed by atoms with E-state index >= 15 is 0 Å². The van der Waals surface area contributed by atoms with E-state index < -0.39 is 5.97 Å². The van der Waals surface area contributed by atoms with E-state index in [2.05, 4.69) is 72.8 Å². The number of halogens is 4. The molecule has 0 N–H and O–H groups in total. The maximum Gasteiger partial charge on any atom is 0.363 e. The van der Waals surface area contributed by atoms with E-state index in [0.29, 0.717) is 17.5 Å². The summed E-state index contributed by atoms with van der Waals surface area (Å²) in [6.45, 7) is 2.43. The lowest BCUT2D eigenvalue weighted by molar-refractivity contribution is -0.129. The van der Waals surface area contributed by atoms with Gasteiger partial charge in [-0.15, -0.1) is 0 Å². The molecule has 0 saturated heterocycles. The van der Waals surface area contributed by atoms with Gasteiger partial charge in [-0.05, 0) is 140 Å². The molecule has 162 valence electrons. The average Bonchev–Trinajstić information content (AvgIpc) is 3.10. The summed E-state index contributed by atoms with van der Waals surface area (Å²) in [4.78, 5) is 16.8. The predicted octanol–water partition coefficient (Wildman–Crippen LogP) is 7.39. The van der Waals surface area contributed by atoms with Crippen LogP contribution < -0.4 is 4.74 Å². The maximum atomic E-state index is 12.4. The van der Waals surface area contributed by atoms with Crippen LogP contribution in [0.3, 0.4) is 0 Å². The molecule has 3 aromatic carbocycles. The van der Waals surface area contributed by atoms with Crippen LogP contribution in [0.5, 0.6) is 5.75 Å². The third kappa shape index (κ3) is 5.65. The molecule has 1 heterocycles. The third-order valence-electron chi connectivity index (χ3n) is 4.62. The van der Waals surface area contributed by atoms with Crippen molar-refractivity contribution in [2.75, 3.05) is 0 Å². The number of hydrogen-bond acceptors (Lipinski definition) is 4. The molecule has 0 aromatic heterocycles. The maximum absolute atomic E-state index is 12.4. The number of esters is 1. The number of carbonyl (C=O) groups is 1. The summed E-state index contributed by atoms with van der Waals surface area (Å²) in [6.07, 6.45) is 1.74. The molecule has 0 aliphatic carbocycles. The van der Waals surface area contributed by atoms with Gasteiger partial charge in [0.2, 0.25) is 5.90 Å². The molecule has 4 rings (SSSR count). The van der Waals surface area contributed by atoms with Gasteiger partial charge < -0.3 is 9.47 Å². The molecule has 1 aliphatic rings. The smallest absolute Gasteiger partial charge is 0.363 e. The van der Waals surface area contributed by atoms with Gasteiger partial charge in [-0.3, -0.25) is 0 Å². The molecule has 3 aromatic rings. The third-order valence-corrected chi connectivity index (χ3v) is 7.67. The van der Waals surface area contributed by atoms with Crippen LogP contribution in [0.15, 0.2) is 65.3 Å². The van der Waals surface area contributed by atoms with Gasteiger partial charge in [-0.25, -0.2) is 9.79 Å². The lowest BCUT2D eigenvalue weighted by Crippen LogP contribution is -2.05. The first-order valence-electron chi connectivity index (χ1n) is 9.45. The molecular weight excluding hydrogens is 766 g/mol. The van der Waals surface area contributed by atoms with E-state index in [1.54, 1.807) is 6.08 Å². The van der Waals surface area contributed by atoms with Crippen LogP contribution in [0, 0.1) is 17.6 Å². The quantitative estimate of drug-likeness (QED) is 0.154. The standard InChI is InChI=1S/C24H15ClI3NO3/c1-13-7-16(5-6-18(13)26)23-29-21(24(30)32-23)11-15-9-19(27)22(20(28)10-15)31-12-14-3-2-4-17(25)8-14/h2-11H,12H2,1H3/b21-11-. The zero-order valence-electron chi connectivity index (χ0n) is 16.7. The molecule has 0 unspecified atom stereocenters. The minimum atomic E-state index is -0.456. The highest BCUT2D eigenvalue weighted by molar-refractivity contribution is 14.1. The summed E-state index contributed by atoms with van der Waals surface area (Å²) in [5.74, 6) is 0.662. The minimum absolute atomic E-state index is 0.274. The second-order valence-electron chi connectivity index (χ2n) is 7.03. The van der Waals surface area contributed by atoms with Gasteiger partial charge in [-0.2, -0.15) is 0 Å². The van der Waals surface area contributed by atoms with Crippen molar-refractivity contribution in [3.05, 3.63) is 98.3 Å². The van der Waals surface area contributed by atoms with E-state index in [1.807, 2.05) is 61.5 Å². The number of ether oxygens (including phenoxy) is 2. The number of aliphatic imine (C=N–C) groups is 1. The fourth-order valence-corrected chi connectivity index (χ4v) is 5.73. The van der Waals surface area contributed by atoms with Gasteiger partial charge in [0.25, 0.3) is 0 Å². The number of cyclic esters (lactones) is 1. The number of hydrogen-bond donors (Lipinski definition) is 0. The van der Waals surface area contributed by atoms with Gasteiger partial charge in [0.15, 0.2) is 5.70 Å². The first-order chi connectivity index (χ1) is 15.3. The first-order valence-corrected chi connectivity index (χ1v) is 13.1. The SMILES string of the molecule is Cc1cc(C2=N/C(=C\c3cc(I)c(OCc4cccc(Cl)c4)c(I)c3)C(=O)O2)ccc1I. The monoisotopic (exact) mass is 781 g/mol. The van der Waals surface area contributed by atoms with E-state index in [1.165, 1.54) is 0 Å². The van der Waals surface area contributed by atoms with Gasteiger partial charge in [0, 0.05) is 14.2 Å². The Morgan fingerprint density at radius 1 is 1.03 bits per heavy atom. The molecule has 0 saturated carbocycles. The van der Waals surface area contributed by atoms with Crippen molar-refractivity contribution in [3.63, 3.8) is 0 Å². The Morgan fingerprint density at radius 3 is 2.47 bits per heavy atom. The number of benzene rings is 3. The van der Waals surface area contributed by atoms with Gasteiger partial charge >= 0.3 is 5.97 Å². The fourth-order valence-electron chi connectivity index (χ4n) is 3.05. The van der Waals surface area contributed by atoms with Gasteiger partial charge in [0.05, 0.1) is 7.14 Å². The Kier molecular flexibility index (Phi) is 7.78. The molecule has 32 heavy (non-hydrogen) atoms. The molecule has 0 fully saturated rings. The number of aryl methyl sites for hydroxylation is 1. The number of nitrogens with zero attached hydrogens (tertiary/aromatic N) is 1. The second-order valence-corrected chi connectivity index (χ2v) is 11.0. The van der Waals surface area contributed by atoms with Crippen LogP contribution in [0.2, 0.25) is 5.02 Å². The highest BCUT2D eigenvalue weighted by atomic mass is 127. The molecular formula is C24H15ClI3NO3. The number of rotatable bonds is 5. The molecule has 0 spiro atoms. The summed E-state index contributed by atoms with van der Waals surface area (Å²) < 4.78 is 14.5. The molecule has 4 nitrogen and oxygen atoms in total. The van der Waals surface area contributed by atoms with Crippen LogP contribution in [0.4, 0.5) is 0 Å². The van der Waals surface area contributed by atoms with Crippen LogP contribution in [0.1, 0.15) is 22.3 Å². The Hall–Kier alpha value is -1.18. The van der Waals surface area contributed by atoms with Crippen LogP contribution in [-0.2, 0) is 16.1 Å². The Labute approximate surface area is 231 Å². The Bertz CT molecular complexity index is 1260. The van der Waals surface area contributed by atoms with Crippen LogP contribution in [0.25, 0.3) is 6.08 Å². The molecule has 0 radical (unpaired) electrons. The largest absolute Gasteiger partial charge is 0.487 e. The highest BCUT2D eigenvalue weighted by Crippen LogP contribution is 2.31. The van der Waals surface area contributed by atoms with Crippen molar-refractivity contribution >= 4 is 97.3 Å². The molecule has 0 amide bonds. The van der Waals surface area contributed by atoms with Crippen molar-refractivity contribution < 1.29 is 14.3 Å². The van der Waals surface area contributed by atoms with Gasteiger partial charge in [-0.1, -0.05) is 23.7 Å². The predicted molar refractivity (Wildman–Crippen MR) is 152 cm³/mol. The van der Waals surface area contributed by atoms with E-state index in [-0.39, 0.29) is 5.70 Å². The van der Waals surface area contributed by atoms with Crippen molar-refractivity contribution in [1.29, 1.82) is 0 Å². The van der Waals surface area contributed by atoms with E-state index in [0.717, 1.165) is 38.7 Å². The molecule has 8 heteroatoms. The zero-order valence-corrected chi connectivity index (χ0v) is 23.9. The van der Waals surface area contributed by atoms with Crippen molar-refractivity contribution in [2.45, 2.75) is 13.5 Å². The van der Waals surface area contributed by atoms with Crippen LogP contribution >= 0.6 is 79.4 Å². The van der Waals surface area contributed by atoms with E-state index in [9.17, 15) is 4.79 Å². The lowest BCUT2D eigenvalue weighted by atomic mass is 10.1. The summed E-state index contributed by atoms with van der Waals surface area (Å²) in [7, 11) is 0. The van der Waals surface area contributed by atoms with Gasteiger partial charge in [0.1, 0.15) is 12.4 Å². The fraction of sp³-hybridized carbons (Fsp3) is 0.0833. The topological polar surface area (TPSA) is 47.9 Å². The van der Waals surface area contributed by atoms with Crippen molar-refractivity contribution in [2.24, 2.45) is 4.99 Å². The second kappa shape index (κ2) is 10.4. The summed E-state index contributed by atoms with van der Waals surface area (Å²) in [6, 6.07) is 17.4. The molecule has 0 atom stereocenters. The average molecular weight is 782 g/mol. The molecule has 0 bridgehead atoms. The van der Waals surface area contributed by atoms with Crippen LogP contribution in [-0.4, -0.2) is 11.9 Å². The Morgan fingerprint density at radius 2 is 1.78 bits per heavy atom. The summed E-state index contributed by atoms with van der Waals surface area (Å²) >= 11 is 12.8. The first kappa shape index (κ1) is 24.0. The lowest BCUT2D eigenvalue weighted by Gasteiger charge is -2.12. The van der Waals surface area contributed by atoms with Crippen molar-refractivity contribution in [1.82, 2.24) is 0 Å². The number of carbonyl (C=O) groups excluding carboxylic acids is 1. The minimum Gasteiger partial charge on any atom is -0.487 e. The normalized spacial score (nSPS) is 14.5. The van der Waals surface area contributed by atoms with E-state index in [4.69, 9.17) is 21.1 Å². The summed E-state index contributed by atoms with van der Waals surface area (Å²) in [5.41, 5.74) is 4.02.